The fourth-order valence-corrected chi connectivity index (χ4v) is 3.61. The molecule has 0 bridgehead atoms. The topological polar surface area (TPSA) is 59.9 Å². The fraction of sp³-hybridized carbons (Fsp3) is 0.947. The molecule has 0 radical (unpaired) electrons. The highest BCUT2D eigenvalue weighted by atomic mass is 16.3. The zero-order valence-corrected chi connectivity index (χ0v) is 16.2. The Hall–Kier alpha value is -0.810. The largest absolute Gasteiger partial charge is 0.396 e. The monoisotopic (exact) mass is 340 g/mol. The van der Waals surface area contributed by atoms with E-state index >= 15 is 0 Å². The second kappa shape index (κ2) is 13.5. The van der Waals surface area contributed by atoms with E-state index in [1.807, 2.05) is 0 Å². The molecule has 1 fully saturated rings. The van der Waals surface area contributed by atoms with Crippen molar-refractivity contribution in [3.05, 3.63) is 0 Å². The van der Waals surface area contributed by atoms with Gasteiger partial charge < -0.3 is 15.7 Å². The van der Waals surface area contributed by atoms with Crippen LogP contribution < -0.4 is 10.6 Å². The van der Waals surface area contributed by atoms with E-state index in [9.17, 15) is 5.11 Å². The van der Waals surface area contributed by atoms with Gasteiger partial charge in [0.1, 0.15) is 0 Å². The van der Waals surface area contributed by atoms with Crippen LogP contribution in [0.1, 0.15) is 65.7 Å². The summed E-state index contributed by atoms with van der Waals surface area (Å²) in [6, 6.07) is 0.763. The lowest BCUT2D eigenvalue weighted by atomic mass is 10.0. The van der Waals surface area contributed by atoms with E-state index in [0.717, 1.165) is 57.4 Å². The maximum atomic E-state index is 9.18. The van der Waals surface area contributed by atoms with Crippen LogP contribution >= 0.6 is 0 Å². The second-order valence-electron chi connectivity index (χ2n) is 6.91. The van der Waals surface area contributed by atoms with Crippen LogP contribution in [0, 0.1) is 5.92 Å². The molecule has 142 valence electrons. The molecule has 5 nitrogen and oxygen atoms in total. The fourth-order valence-electron chi connectivity index (χ4n) is 3.61. The maximum Gasteiger partial charge on any atom is 0.191 e. The first kappa shape index (κ1) is 21.2. The molecule has 5 heteroatoms. The average molecular weight is 341 g/mol. The summed E-state index contributed by atoms with van der Waals surface area (Å²) < 4.78 is 0. The predicted octanol–water partition coefficient (Wildman–Crippen LogP) is 2.60. The van der Waals surface area contributed by atoms with Crippen LogP contribution in [0.4, 0.5) is 0 Å². The predicted molar refractivity (Wildman–Crippen MR) is 104 cm³/mol. The summed E-state index contributed by atoms with van der Waals surface area (Å²) in [5.74, 6) is 1.41. The van der Waals surface area contributed by atoms with Crippen molar-refractivity contribution in [3.8, 4) is 0 Å². The number of piperidine rings is 1. The van der Waals surface area contributed by atoms with Crippen LogP contribution in [-0.2, 0) is 0 Å². The third kappa shape index (κ3) is 8.34. The second-order valence-corrected chi connectivity index (χ2v) is 6.91. The molecule has 0 saturated carbocycles. The van der Waals surface area contributed by atoms with E-state index in [0.29, 0.717) is 5.92 Å². The highest BCUT2D eigenvalue weighted by Crippen LogP contribution is 2.18. The highest BCUT2D eigenvalue weighted by Gasteiger charge is 2.19. The summed E-state index contributed by atoms with van der Waals surface area (Å²) in [6.45, 7) is 11.8. The smallest absolute Gasteiger partial charge is 0.191 e. The first-order chi connectivity index (χ1) is 11.7. The third-order valence-corrected chi connectivity index (χ3v) is 5.00. The van der Waals surface area contributed by atoms with Gasteiger partial charge in [0.05, 0.1) is 0 Å². The van der Waals surface area contributed by atoms with Gasteiger partial charge >= 0.3 is 0 Å². The molecule has 0 amide bonds. The Morgan fingerprint density at radius 1 is 1.21 bits per heavy atom. The molecule has 1 rings (SSSR count). The van der Waals surface area contributed by atoms with Gasteiger partial charge in [-0.15, -0.1) is 0 Å². The number of hydrogen-bond acceptors (Lipinski definition) is 3. The number of aliphatic hydroxyl groups is 1. The Labute approximate surface area is 149 Å². The van der Waals surface area contributed by atoms with Gasteiger partial charge in [0.15, 0.2) is 5.96 Å². The Kier molecular flexibility index (Phi) is 11.9. The van der Waals surface area contributed by atoms with E-state index in [-0.39, 0.29) is 6.61 Å². The highest BCUT2D eigenvalue weighted by molar-refractivity contribution is 5.79. The Balaban J connectivity index is 2.41. The molecule has 1 heterocycles. The standard InChI is InChI=1S/C19H40N4O/c1-4-9-17(11-15-24)16-22-19(20-6-3)21-12-14-23-13-8-7-10-18(23)5-2/h17-18,24H,4-16H2,1-3H3,(H2,20,21,22). The Morgan fingerprint density at radius 2 is 2.04 bits per heavy atom. The van der Waals surface area contributed by atoms with Crippen LogP contribution in [0.15, 0.2) is 4.99 Å². The molecule has 24 heavy (non-hydrogen) atoms. The molecule has 0 aromatic heterocycles. The number of aliphatic hydroxyl groups excluding tert-OH is 1. The van der Waals surface area contributed by atoms with Crippen molar-refractivity contribution in [2.45, 2.75) is 71.8 Å². The van der Waals surface area contributed by atoms with Gasteiger partial charge in [-0.2, -0.15) is 0 Å². The molecule has 0 aromatic rings. The van der Waals surface area contributed by atoms with E-state index in [2.05, 4.69) is 36.3 Å². The van der Waals surface area contributed by atoms with Crippen LogP contribution in [0.5, 0.6) is 0 Å². The van der Waals surface area contributed by atoms with Gasteiger partial charge in [0, 0.05) is 38.8 Å². The lowest BCUT2D eigenvalue weighted by Gasteiger charge is -2.35. The molecule has 0 aliphatic carbocycles. The van der Waals surface area contributed by atoms with E-state index in [4.69, 9.17) is 4.99 Å². The molecular formula is C19H40N4O. The summed E-state index contributed by atoms with van der Waals surface area (Å²) in [5, 5.41) is 16.0. The normalized spacial score (nSPS) is 20.8. The number of hydrogen-bond donors (Lipinski definition) is 3. The van der Waals surface area contributed by atoms with Crippen LogP contribution in [-0.4, -0.2) is 61.3 Å². The van der Waals surface area contributed by atoms with E-state index in [1.54, 1.807) is 0 Å². The summed E-state index contributed by atoms with van der Waals surface area (Å²) in [7, 11) is 0. The molecule has 2 atom stereocenters. The summed E-state index contributed by atoms with van der Waals surface area (Å²) in [4.78, 5) is 7.37. The number of nitrogens with one attached hydrogen (secondary N) is 2. The van der Waals surface area contributed by atoms with E-state index < -0.39 is 0 Å². The molecular weight excluding hydrogens is 300 g/mol. The van der Waals surface area contributed by atoms with Crippen molar-refractivity contribution in [1.29, 1.82) is 0 Å². The van der Waals surface area contributed by atoms with Crippen LogP contribution in [0.3, 0.4) is 0 Å². The van der Waals surface area contributed by atoms with Crippen LogP contribution in [0.25, 0.3) is 0 Å². The summed E-state index contributed by atoms with van der Waals surface area (Å²) >= 11 is 0. The Morgan fingerprint density at radius 3 is 2.71 bits per heavy atom. The maximum absolute atomic E-state index is 9.18. The molecule has 1 aliphatic heterocycles. The summed E-state index contributed by atoms with van der Waals surface area (Å²) in [6.07, 6.45) is 8.47. The number of rotatable bonds is 11. The number of likely N-dealkylation sites (tertiary alicyclic amines) is 1. The first-order valence-corrected chi connectivity index (χ1v) is 10.1. The quantitative estimate of drug-likeness (QED) is 0.400. The van der Waals surface area contributed by atoms with E-state index in [1.165, 1.54) is 32.2 Å². The van der Waals surface area contributed by atoms with Crippen LogP contribution in [0.2, 0.25) is 0 Å². The van der Waals surface area contributed by atoms with Crippen molar-refractivity contribution in [2.75, 3.05) is 39.3 Å². The lowest BCUT2D eigenvalue weighted by molar-refractivity contribution is 0.147. The van der Waals surface area contributed by atoms with Gasteiger partial charge in [-0.1, -0.05) is 26.7 Å². The minimum atomic E-state index is 0.261. The van der Waals surface area contributed by atoms with Gasteiger partial charge in [-0.05, 0) is 51.5 Å². The van der Waals surface area contributed by atoms with Crippen molar-refractivity contribution < 1.29 is 5.11 Å². The third-order valence-electron chi connectivity index (χ3n) is 5.00. The van der Waals surface area contributed by atoms with Gasteiger partial charge in [-0.25, -0.2) is 0 Å². The first-order valence-electron chi connectivity index (χ1n) is 10.1. The molecule has 1 saturated heterocycles. The number of guanidine groups is 1. The molecule has 0 aromatic carbocycles. The van der Waals surface area contributed by atoms with Crippen molar-refractivity contribution in [1.82, 2.24) is 15.5 Å². The minimum Gasteiger partial charge on any atom is -0.396 e. The van der Waals surface area contributed by atoms with Crippen molar-refractivity contribution >= 4 is 5.96 Å². The molecule has 1 aliphatic rings. The molecule has 3 N–H and O–H groups in total. The number of nitrogens with zero attached hydrogens (tertiary/aromatic N) is 2. The minimum absolute atomic E-state index is 0.261. The lowest BCUT2D eigenvalue weighted by Crippen LogP contribution is -2.46. The van der Waals surface area contributed by atoms with Crippen molar-refractivity contribution in [2.24, 2.45) is 10.9 Å². The van der Waals surface area contributed by atoms with Crippen molar-refractivity contribution in [3.63, 3.8) is 0 Å². The number of aliphatic imine (C=N–C) groups is 1. The zero-order valence-electron chi connectivity index (χ0n) is 16.2. The van der Waals surface area contributed by atoms with Gasteiger partial charge in [0.2, 0.25) is 0 Å². The Bertz CT molecular complexity index is 329. The van der Waals surface area contributed by atoms with Gasteiger partial charge in [0.25, 0.3) is 0 Å². The molecule has 0 spiro atoms. The molecule has 2 unspecified atom stereocenters. The van der Waals surface area contributed by atoms with Gasteiger partial charge in [-0.3, -0.25) is 9.89 Å². The zero-order chi connectivity index (χ0) is 17.6. The average Bonchev–Trinajstić information content (AvgIpc) is 2.60. The SMILES string of the molecule is CCCC(CCO)CN=C(NCC)NCCN1CCCCC1CC. The summed E-state index contributed by atoms with van der Waals surface area (Å²) in [5.41, 5.74) is 0.